The number of nitrogens with one attached hydrogen (secondary N) is 3. The molecular formula is C23H28ClN3O5. The molecule has 8 nitrogen and oxygen atoms in total. The van der Waals surface area contributed by atoms with Crippen molar-refractivity contribution in [3.05, 3.63) is 59.2 Å². The number of hydrogen-bond donors (Lipinski definition) is 4. The predicted molar refractivity (Wildman–Crippen MR) is 123 cm³/mol. The van der Waals surface area contributed by atoms with Gasteiger partial charge in [-0.25, -0.2) is 0 Å². The summed E-state index contributed by atoms with van der Waals surface area (Å²) in [5.74, 6) is -1.04. The second kappa shape index (κ2) is 12.1. The molecule has 32 heavy (non-hydrogen) atoms. The maximum absolute atomic E-state index is 12.4. The molecule has 0 aliphatic carbocycles. The molecule has 0 saturated heterocycles. The van der Waals surface area contributed by atoms with E-state index in [2.05, 4.69) is 16.0 Å². The van der Waals surface area contributed by atoms with Crippen LogP contribution < -0.4 is 20.7 Å². The van der Waals surface area contributed by atoms with E-state index in [0.29, 0.717) is 17.0 Å². The van der Waals surface area contributed by atoms with Gasteiger partial charge in [0.05, 0.1) is 19.6 Å². The predicted octanol–water partition coefficient (Wildman–Crippen LogP) is 2.81. The lowest BCUT2D eigenvalue weighted by Gasteiger charge is -2.18. The third kappa shape index (κ3) is 7.25. The molecule has 2 amide bonds. The van der Waals surface area contributed by atoms with Gasteiger partial charge in [-0.15, -0.1) is 12.4 Å². The molecule has 0 radical (unpaired) electrons. The van der Waals surface area contributed by atoms with Gasteiger partial charge in [0.2, 0.25) is 11.8 Å². The first-order valence-electron chi connectivity index (χ1n) is 10.2. The standard InChI is InChI=1S/C23H27N3O5.ClH/c1-31-19-6-3-16(4-7-19)20(13-23(29)30)26-22(28)9-8-21(27)25-18-5-2-15-10-11-24-14-17(15)12-18;/h2-7,12,20,24H,8-11,13-14H2,1H3,(H,25,27)(H,26,28)(H,29,30);1H. The van der Waals surface area contributed by atoms with E-state index in [1.807, 2.05) is 18.2 Å². The lowest BCUT2D eigenvalue weighted by Crippen LogP contribution is -2.30. The average molecular weight is 462 g/mol. The fourth-order valence-corrected chi connectivity index (χ4v) is 3.54. The van der Waals surface area contributed by atoms with Crippen LogP contribution >= 0.6 is 12.4 Å². The second-order valence-electron chi connectivity index (χ2n) is 7.45. The van der Waals surface area contributed by atoms with E-state index in [1.54, 1.807) is 24.3 Å². The lowest BCUT2D eigenvalue weighted by molar-refractivity contribution is -0.138. The summed E-state index contributed by atoms with van der Waals surface area (Å²) < 4.78 is 5.10. The number of carboxylic acids is 1. The van der Waals surface area contributed by atoms with E-state index >= 15 is 0 Å². The number of carbonyl (C=O) groups is 3. The number of aliphatic carboxylic acids is 1. The van der Waals surface area contributed by atoms with Crippen LogP contribution in [0.1, 0.15) is 42.0 Å². The molecule has 172 valence electrons. The highest BCUT2D eigenvalue weighted by molar-refractivity contribution is 5.93. The topological polar surface area (TPSA) is 117 Å². The first-order valence-corrected chi connectivity index (χ1v) is 10.2. The minimum absolute atomic E-state index is 0. The summed E-state index contributed by atoms with van der Waals surface area (Å²) in [6, 6.07) is 12.0. The first kappa shape index (κ1) is 25.2. The molecule has 4 N–H and O–H groups in total. The third-order valence-electron chi connectivity index (χ3n) is 5.19. The van der Waals surface area contributed by atoms with Gasteiger partial charge >= 0.3 is 5.97 Å². The zero-order valence-electron chi connectivity index (χ0n) is 17.8. The number of ether oxygens (including phenoxy) is 1. The fourth-order valence-electron chi connectivity index (χ4n) is 3.54. The molecule has 0 aromatic heterocycles. The Balaban J connectivity index is 0.00000363. The van der Waals surface area contributed by atoms with Gasteiger partial charge in [0.15, 0.2) is 0 Å². The van der Waals surface area contributed by atoms with Gasteiger partial charge in [-0.05, 0) is 53.9 Å². The van der Waals surface area contributed by atoms with Crippen LogP contribution in [0.2, 0.25) is 0 Å². The second-order valence-corrected chi connectivity index (χ2v) is 7.45. The molecule has 0 fully saturated rings. The molecule has 1 aliphatic rings. The van der Waals surface area contributed by atoms with Crippen molar-refractivity contribution in [2.75, 3.05) is 19.0 Å². The third-order valence-corrected chi connectivity index (χ3v) is 5.19. The van der Waals surface area contributed by atoms with Crippen LogP contribution in [-0.4, -0.2) is 36.5 Å². The first-order chi connectivity index (χ1) is 14.9. The number of fused-ring (bicyclic) bond motifs is 1. The SMILES string of the molecule is COc1ccc(C(CC(=O)O)NC(=O)CCC(=O)Nc2ccc3c(c2)CNCC3)cc1.Cl. The van der Waals surface area contributed by atoms with E-state index in [0.717, 1.165) is 25.1 Å². The molecule has 1 unspecified atom stereocenters. The van der Waals surface area contributed by atoms with Crippen LogP contribution in [0.5, 0.6) is 5.75 Å². The summed E-state index contributed by atoms with van der Waals surface area (Å²) in [5.41, 5.74) is 3.80. The Hall–Kier alpha value is -3.10. The van der Waals surface area contributed by atoms with Gasteiger partial charge < -0.3 is 25.8 Å². The Morgan fingerprint density at radius 2 is 1.78 bits per heavy atom. The maximum atomic E-state index is 12.4. The Bertz CT molecular complexity index is 949. The van der Waals surface area contributed by atoms with Crippen LogP contribution in [0.3, 0.4) is 0 Å². The Morgan fingerprint density at radius 3 is 2.47 bits per heavy atom. The minimum Gasteiger partial charge on any atom is -0.497 e. The summed E-state index contributed by atoms with van der Waals surface area (Å²) in [5, 5.41) is 18.0. The molecule has 1 heterocycles. The number of benzene rings is 2. The smallest absolute Gasteiger partial charge is 0.305 e. The maximum Gasteiger partial charge on any atom is 0.305 e. The van der Waals surface area contributed by atoms with Gasteiger partial charge in [0.25, 0.3) is 0 Å². The molecule has 0 saturated carbocycles. The molecule has 3 rings (SSSR count). The zero-order chi connectivity index (χ0) is 22.2. The molecule has 2 aromatic carbocycles. The van der Waals surface area contributed by atoms with Gasteiger partial charge in [-0.1, -0.05) is 18.2 Å². The van der Waals surface area contributed by atoms with Crippen LogP contribution in [0.4, 0.5) is 5.69 Å². The Kier molecular flexibility index (Phi) is 9.49. The van der Waals surface area contributed by atoms with Gasteiger partial charge in [-0.2, -0.15) is 0 Å². The normalized spacial score (nSPS) is 13.2. The summed E-state index contributed by atoms with van der Waals surface area (Å²) in [6.07, 6.45) is 0.678. The van der Waals surface area contributed by atoms with Crippen molar-refractivity contribution < 1.29 is 24.2 Å². The largest absolute Gasteiger partial charge is 0.497 e. The summed E-state index contributed by atoms with van der Waals surface area (Å²) >= 11 is 0. The van der Waals surface area contributed by atoms with Crippen LogP contribution in [0, 0.1) is 0 Å². The van der Waals surface area contributed by atoms with Crippen LogP contribution in [0.15, 0.2) is 42.5 Å². The fraction of sp³-hybridized carbons (Fsp3) is 0.348. The number of amides is 2. The van der Waals surface area contributed by atoms with Gasteiger partial charge in [-0.3, -0.25) is 14.4 Å². The summed E-state index contributed by atoms with van der Waals surface area (Å²) in [7, 11) is 1.54. The van der Waals surface area contributed by atoms with Crippen molar-refractivity contribution in [1.82, 2.24) is 10.6 Å². The van der Waals surface area contributed by atoms with Crippen molar-refractivity contribution in [2.45, 2.75) is 38.3 Å². The van der Waals surface area contributed by atoms with E-state index < -0.39 is 12.0 Å². The highest BCUT2D eigenvalue weighted by Gasteiger charge is 2.19. The molecular weight excluding hydrogens is 434 g/mol. The van der Waals surface area contributed by atoms with E-state index in [9.17, 15) is 19.5 Å². The number of anilines is 1. The average Bonchev–Trinajstić information content (AvgIpc) is 2.77. The molecule has 9 heteroatoms. The lowest BCUT2D eigenvalue weighted by atomic mass is 10.0. The van der Waals surface area contributed by atoms with Crippen molar-refractivity contribution >= 4 is 35.9 Å². The van der Waals surface area contributed by atoms with E-state index in [-0.39, 0.29) is 43.5 Å². The summed E-state index contributed by atoms with van der Waals surface area (Å²) in [6.45, 7) is 1.73. The quantitative estimate of drug-likeness (QED) is 0.456. The number of halogens is 1. The number of rotatable bonds is 9. The monoisotopic (exact) mass is 461 g/mol. The van der Waals surface area contributed by atoms with Crippen molar-refractivity contribution in [1.29, 1.82) is 0 Å². The van der Waals surface area contributed by atoms with Crippen LogP contribution in [0.25, 0.3) is 0 Å². The van der Waals surface area contributed by atoms with Crippen molar-refractivity contribution in [3.63, 3.8) is 0 Å². The Morgan fingerprint density at radius 1 is 1.06 bits per heavy atom. The van der Waals surface area contributed by atoms with Gasteiger partial charge in [0.1, 0.15) is 5.75 Å². The molecule has 1 atom stereocenters. The number of carbonyl (C=O) groups excluding carboxylic acids is 2. The minimum atomic E-state index is -1.03. The van der Waals surface area contributed by atoms with Gasteiger partial charge in [0, 0.05) is 25.1 Å². The molecule has 0 spiro atoms. The molecule has 0 bridgehead atoms. The van der Waals surface area contributed by atoms with E-state index in [1.165, 1.54) is 12.7 Å². The van der Waals surface area contributed by atoms with E-state index in [4.69, 9.17) is 4.74 Å². The highest BCUT2D eigenvalue weighted by atomic mass is 35.5. The van der Waals surface area contributed by atoms with Crippen LogP contribution in [-0.2, 0) is 27.3 Å². The highest BCUT2D eigenvalue weighted by Crippen LogP contribution is 2.21. The zero-order valence-corrected chi connectivity index (χ0v) is 18.7. The van der Waals surface area contributed by atoms with Crippen molar-refractivity contribution in [3.8, 4) is 5.75 Å². The number of hydrogen-bond acceptors (Lipinski definition) is 5. The number of carboxylic acid groups (broad SMARTS) is 1. The number of methoxy groups -OCH3 is 1. The molecule has 2 aromatic rings. The summed E-state index contributed by atoms with van der Waals surface area (Å²) in [4.78, 5) is 35.9. The van der Waals surface area contributed by atoms with Crippen molar-refractivity contribution in [2.24, 2.45) is 0 Å². The molecule has 1 aliphatic heterocycles. The Labute approximate surface area is 193 Å².